The summed E-state index contributed by atoms with van der Waals surface area (Å²) in [6.45, 7) is 5.66. The fraction of sp³-hybridized carbons (Fsp3) is 0.381. The molecule has 1 heterocycles. The Morgan fingerprint density at radius 1 is 0.544 bits per heavy atom. The molecule has 0 N–H and O–H groups in total. The first-order valence-corrected chi connectivity index (χ1v) is 32.7. The zero-order valence-electron chi connectivity index (χ0n) is 44.7. The van der Waals surface area contributed by atoms with Gasteiger partial charge in [0.2, 0.25) is 0 Å². The fourth-order valence-electron chi connectivity index (χ4n) is 12.6. The van der Waals surface area contributed by atoms with E-state index in [0.29, 0.717) is 24.7 Å². The summed E-state index contributed by atoms with van der Waals surface area (Å²) in [6.07, 6.45) is 6.74. The molecule has 7 aliphatic rings. The maximum absolute atomic E-state index is 12.3. The van der Waals surface area contributed by atoms with Gasteiger partial charge in [-0.05, 0) is 155 Å². The van der Waals surface area contributed by atoms with Crippen molar-refractivity contribution < 1.29 is 54.2 Å². The summed E-state index contributed by atoms with van der Waals surface area (Å²) in [5, 5.41) is -0.348. The van der Waals surface area contributed by atoms with Crippen LogP contribution in [0.15, 0.2) is 199 Å². The minimum atomic E-state index is -4.64. The van der Waals surface area contributed by atoms with E-state index < -0.39 is 38.1 Å². The smallest absolute Gasteiger partial charge is 0.320 e. The summed E-state index contributed by atoms with van der Waals surface area (Å²) in [4.78, 5) is 42.8. The summed E-state index contributed by atoms with van der Waals surface area (Å²) < 4.78 is 74.6. The number of fused-ring (bicyclic) bond motifs is 1. The van der Waals surface area contributed by atoms with Crippen LogP contribution in [-0.2, 0) is 74.8 Å². The maximum atomic E-state index is 12.3. The molecule has 16 heteroatoms. The van der Waals surface area contributed by atoms with E-state index in [-0.39, 0.29) is 76.0 Å². The summed E-state index contributed by atoms with van der Waals surface area (Å²) in [5.41, 5.74) is 2.61. The van der Waals surface area contributed by atoms with Crippen LogP contribution >= 0.6 is 0 Å². The van der Waals surface area contributed by atoms with Gasteiger partial charge in [0.05, 0.1) is 33.0 Å². The third kappa shape index (κ3) is 14.8. The van der Waals surface area contributed by atoms with E-state index in [2.05, 4.69) is 188 Å². The van der Waals surface area contributed by atoms with Gasteiger partial charge < -0.3 is 18.8 Å². The van der Waals surface area contributed by atoms with Crippen molar-refractivity contribution in [1.82, 2.24) is 0 Å². The highest BCUT2D eigenvalue weighted by Gasteiger charge is 2.65. The maximum Gasteiger partial charge on any atom is 0.320 e. The zero-order valence-corrected chi connectivity index (χ0v) is 48.0. The van der Waals surface area contributed by atoms with Crippen LogP contribution in [0.5, 0.6) is 0 Å². The van der Waals surface area contributed by atoms with Crippen molar-refractivity contribution in [3.05, 3.63) is 181 Å². The van der Waals surface area contributed by atoms with Gasteiger partial charge in [-0.2, -0.15) is 8.42 Å². The van der Waals surface area contributed by atoms with Gasteiger partial charge in [-0.1, -0.05) is 115 Å². The lowest BCUT2D eigenvalue weighted by Crippen LogP contribution is -2.48. The Bertz CT molecular complexity index is 2970. The number of hydrogen-bond donors (Lipinski definition) is 0. The standard InChI is InChI=1S/2C19H17S.C15H22O7S.C10H14O5S/c2*1-16-12-14-19(15-13-16)20(17-8-4-2-5-9-17)18-10-6-3-7-11-18;16-13(8-23(18,19)20)21-1-2-22-15(17)14-11-4-9-3-10(6-11)7-12(14)5-9;1-2-8(11)14-9-5-3-6-7(4-5)16(12,13)15-10(6)9/h2*2-15H,1H3;9-12,14H,1-8H2,(H,18,19,20);5-7,9-10H,2-4H2,1H3/q2*+1;;/p-1. The first kappa shape index (κ1) is 57.9. The van der Waals surface area contributed by atoms with Gasteiger partial charge in [0.25, 0.3) is 10.1 Å². The van der Waals surface area contributed by atoms with Crippen molar-refractivity contribution in [2.75, 3.05) is 19.0 Å². The lowest BCUT2D eigenvalue weighted by atomic mass is 9.52. The van der Waals surface area contributed by atoms with Crippen molar-refractivity contribution in [3.8, 4) is 0 Å². The average molecular weight is 1150 g/mol. The molecule has 6 aromatic carbocycles. The van der Waals surface area contributed by atoms with Crippen molar-refractivity contribution in [3.63, 3.8) is 0 Å². The van der Waals surface area contributed by atoms with Gasteiger partial charge in [0.1, 0.15) is 41.3 Å². The molecule has 5 atom stereocenters. The van der Waals surface area contributed by atoms with Gasteiger partial charge >= 0.3 is 17.9 Å². The molecule has 0 amide bonds. The second kappa shape index (κ2) is 26.2. The second-order valence-corrected chi connectivity index (χ2v) is 28.6. The van der Waals surface area contributed by atoms with E-state index in [1.807, 2.05) is 0 Å². The first-order chi connectivity index (χ1) is 38.0. The fourth-order valence-corrected chi connectivity index (χ4v) is 19.0. The van der Waals surface area contributed by atoms with Crippen molar-refractivity contribution >= 4 is 59.9 Å². The molecule has 6 bridgehead atoms. The summed E-state index contributed by atoms with van der Waals surface area (Å²) in [7, 11) is -8.08. The van der Waals surface area contributed by atoms with Gasteiger partial charge in [-0.25, -0.2) is 8.42 Å². The van der Waals surface area contributed by atoms with Crippen LogP contribution in [0.4, 0.5) is 0 Å². The van der Waals surface area contributed by atoms with Crippen molar-refractivity contribution in [1.29, 1.82) is 0 Å². The lowest BCUT2D eigenvalue weighted by Gasteiger charge is -2.53. The van der Waals surface area contributed by atoms with Gasteiger partial charge in [0, 0.05) is 18.3 Å². The number of carbonyl (C=O) groups is 3. The number of aryl methyl sites for hydroxylation is 2. The molecular weight excluding hydrogens is 1080 g/mol. The van der Waals surface area contributed by atoms with E-state index in [0.717, 1.165) is 43.9 Å². The second-order valence-electron chi connectivity index (χ2n) is 21.3. The van der Waals surface area contributed by atoms with E-state index in [4.69, 9.17) is 13.7 Å². The van der Waals surface area contributed by atoms with Crippen molar-refractivity contribution in [2.24, 2.45) is 41.4 Å². The molecule has 6 aliphatic carbocycles. The molecule has 0 radical (unpaired) electrons. The molecule has 416 valence electrons. The Labute approximate surface area is 471 Å². The van der Waals surface area contributed by atoms with Crippen LogP contribution in [0.2, 0.25) is 0 Å². The van der Waals surface area contributed by atoms with E-state index in [1.165, 1.54) is 46.9 Å². The Hall–Kier alpha value is -5.75. The highest BCUT2D eigenvalue weighted by atomic mass is 32.2. The lowest BCUT2D eigenvalue weighted by molar-refractivity contribution is -0.165. The monoisotopic (exact) mass is 1150 g/mol. The summed E-state index contributed by atoms with van der Waals surface area (Å²) in [6, 6.07) is 60.8. The summed E-state index contributed by atoms with van der Waals surface area (Å²) >= 11 is 0. The van der Waals surface area contributed by atoms with Crippen molar-refractivity contribution in [2.45, 2.75) is 119 Å². The van der Waals surface area contributed by atoms with Crippen LogP contribution in [0, 0.1) is 55.3 Å². The molecule has 7 fully saturated rings. The third-order valence-electron chi connectivity index (χ3n) is 15.8. The minimum Gasteiger partial charge on any atom is -0.748 e. The third-order valence-corrected chi connectivity index (χ3v) is 22.6. The molecule has 6 saturated carbocycles. The van der Waals surface area contributed by atoms with Gasteiger partial charge in [-0.3, -0.25) is 18.6 Å². The van der Waals surface area contributed by atoms with E-state index >= 15 is 0 Å². The quantitative estimate of drug-likeness (QED) is 0.0252. The number of rotatable bonds is 14. The predicted octanol–water partition coefficient (Wildman–Crippen LogP) is 11.3. The number of benzene rings is 6. The molecule has 12 nitrogen and oxygen atoms in total. The Morgan fingerprint density at radius 3 is 1.35 bits per heavy atom. The number of carbonyl (C=O) groups excluding carboxylic acids is 3. The number of hydrogen-bond acceptors (Lipinski definition) is 12. The van der Waals surface area contributed by atoms with Crippen LogP contribution in [-0.4, -0.2) is 75.7 Å². The normalized spacial score (nSPS) is 25.2. The van der Waals surface area contributed by atoms with Gasteiger partial charge in [0.15, 0.2) is 29.4 Å². The Kier molecular flexibility index (Phi) is 19.2. The van der Waals surface area contributed by atoms with Crippen LogP contribution < -0.4 is 0 Å². The molecule has 79 heavy (non-hydrogen) atoms. The molecule has 5 unspecified atom stereocenters. The SMILES string of the molecule is CCC(=O)OC1C2CC3C1OS(=O)(=O)C3C2.Cc1ccc([S+](c2ccccc2)c2ccccc2)cc1.Cc1ccc([S+](c2ccccc2)c2ccccc2)cc1.O=C(CS(=O)(=O)[O-])OCCOC(=O)C1C2CC3CC(C2)CC1C3. The Balaban J connectivity index is 0.000000129. The highest BCUT2D eigenvalue weighted by Crippen LogP contribution is 2.57. The molecule has 0 spiro atoms. The zero-order chi connectivity index (χ0) is 55.7. The molecule has 1 saturated heterocycles. The average Bonchev–Trinajstić information content (AvgIpc) is 4.27. The highest BCUT2D eigenvalue weighted by molar-refractivity contribution is 7.97. The van der Waals surface area contributed by atoms with Crippen LogP contribution in [0.25, 0.3) is 0 Å². The minimum absolute atomic E-state index is 0.0229. The Morgan fingerprint density at radius 2 is 0.949 bits per heavy atom. The predicted molar refractivity (Wildman–Crippen MR) is 303 cm³/mol. The number of ether oxygens (including phenoxy) is 3. The molecule has 6 aromatic rings. The summed E-state index contributed by atoms with van der Waals surface area (Å²) in [5.74, 6) is -0.250. The molecule has 13 rings (SSSR count). The van der Waals surface area contributed by atoms with Crippen LogP contribution in [0.3, 0.4) is 0 Å². The largest absolute Gasteiger partial charge is 0.748 e. The van der Waals surface area contributed by atoms with E-state index in [9.17, 15) is 35.8 Å². The first-order valence-electron chi connectivity index (χ1n) is 27.2. The van der Waals surface area contributed by atoms with Gasteiger partial charge in [-0.15, -0.1) is 0 Å². The molecular formula is C63H69O12S4+. The molecule has 0 aromatic heterocycles. The topological polar surface area (TPSA) is 179 Å². The molecule has 1 aliphatic heterocycles. The number of esters is 3. The van der Waals surface area contributed by atoms with E-state index in [1.54, 1.807) is 6.92 Å². The van der Waals surface area contributed by atoms with Crippen LogP contribution in [0.1, 0.15) is 69.4 Å².